The number of aliphatic carboxylic acids is 1. The number of carbonyl (C=O) groups is 2. The van der Waals surface area contributed by atoms with Crippen LogP contribution < -0.4 is 10.4 Å². The molecule has 4 atom stereocenters. The van der Waals surface area contributed by atoms with Gasteiger partial charge in [0.15, 0.2) is 0 Å². The predicted molar refractivity (Wildman–Crippen MR) is 70.4 cm³/mol. The Hall–Kier alpha value is -2.13. The van der Waals surface area contributed by atoms with Gasteiger partial charge in [0, 0.05) is 11.9 Å². The number of carboxylic acids is 1. The minimum Gasteiger partial charge on any atom is -0.550 e. The second kappa shape index (κ2) is 4.76. The van der Waals surface area contributed by atoms with Gasteiger partial charge in [0.05, 0.1) is 11.5 Å². The average Bonchev–Trinajstić information content (AvgIpc) is 3.12. The van der Waals surface area contributed by atoms with Crippen molar-refractivity contribution in [2.75, 3.05) is 5.32 Å². The fraction of sp³-hybridized carbons (Fsp3) is 0.357. The van der Waals surface area contributed by atoms with Crippen LogP contribution in [0.15, 0.2) is 23.6 Å². The quantitative estimate of drug-likeness (QED) is 0.830. The Bertz CT molecular complexity index is 643. The summed E-state index contributed by atoms with van der Waals surface area (Å²) in [5.74, 6) is -3.05. The molecule has 1 heterocycles. The van der Waals surface area contributed by atoms with Gasteiger partial charge in [-0.25, -0.2) is 0 Å². The van der Waals surface area contributed by atoms with Gasteiger partial charge < -0.3 is 15.2 Å². The highest BCUT2D eigenvalue weighted by Crippen LogP contribution is 2.48. The van der Waals surface area contributed by atoms with Crippen LogP contribution in [0.2, 0.25) is 0 Å². The van der Waals surface area contributed by atoms with Gasteiger partial charge in [-0.05, 0) is 29.7 Å². The van der Waals surface area contributed by atoms with Crippen molar-refractivity contribution in [2.45, 2.75) is 6.42 Å². The van der Waals surface area contributed by atoms with Crippen molar-refractivity contribution in [3.63, 3.8) is 0 Å². The molecule has 0 aromatic carbocycles. The van der Waals surface area contributed by atoms with E-state index < -0.39 is 17.8 Å². The number of hydrogen-bond acceptors (Lipinski definition) is 5. The maximum atomic E-state index is 12.3. The predicted octanol–water partition coefficient (Wildman–Crippen LogP) is 0.746. The zero-order chi connectivity index (χ0) is 14.3. The van der Waals surface area contributed by atoms with Crippen molar-refractivity contribution >= 4 is 28.2 Å². The lowest BCUT2D eigenvalue weighted by Crippen LogP contribution is -2.42. The van der Waals surface area contributed by atoms with Crippen molar-refractivity contribution in [3.8, 4) is 6.07 Å². The van der Waals surface area contributed by atoms with Crippen LogP contribution in [0, 0.1) is 35.0 Å². The highest BCUT2D eigenvalue weighted by molar-refractivity contribution is 7.14. The third-order valence-corrected chi connectivity index (χ3v) is 4.89. The molecular formula is C14H11N2O3S-. The van der Waals surface area contributed by atoms with Gasteiger partial charge in [-0.1, -0.05) is 12.2 Å². The average molecular weight is 287 g/mol. The van der Waals surface area contributed by atoms with E-state index in [-0.39, 0.29) is 17.7 Å². The Morgan fingerprint density at radius 2 is 2.05 bits per heavy atom. The van der Waals surface area contributed by atoms with Gasteiger partial charge in [-0.3, -0.25) is 4.79 Å². The zero-order valence-electron chi connectivity index (χ0n) is 10.4. The number of allylic oxidation sites excluding steroid dienone is 2. The van der Waals surface area contributed by atoms with Crippen LogP contribution in [0.25, 0.3) is 0 Å². The summed E-state index contributed by atoms with van der Waals surface area (Å²) < 4.78 is 0. The minimum atomic E-state index is -1.17. The highest BCUT2D eigenvalue weighted by atomic mass is 32.1. The van der Waals surface area contributed by atoms with E-state index in [0.717, 1.165) is 0 Å². The van der Waals surface area contributed by atoms with Crippen LogP contribution >= 0.6 is 11.3 Å². The summed E-state index contributed by atoms with van der Waals surface area (Å²) in [5, 5.41) is 25.1. The summed E-state index contributed by atoms with van der Waals surface area (Å²) in [5.41, 5.74) is 0.395. The number of carbonyl (C=O) groups excluding carboxylic acids is 2. The number of amides is 1. The molecule has 1 aromatic rings. The third-order valence-electron chi connectivity index (χ3n) is 4.06. The lowest BCUT2D eigenvalue weighted by atomic mass is 9.82. The van der Waals surface area contributed by atoms with Crippen molar-refractivity contribution in [1.82, 2.24) is 0 Å². The summed E-state index contributed by atoms with van der Waals surface area (Å²) in [4.78, 5) is 23.6. The van der Waals surface area contributed by atoms with E-state index in [1.54, 1.807) is 11.4 Å². The Morgan fingerprint density at radius 3 is 2.70 bits per heavy atom. The molecular weight excluding hydrogens is 276 g/mol. The Labute approximate surface area is 119 Å². The van der Waals surface area contributed by atoms with Gasteiger partial charge in [-0.15, -0.1) is 11.3 Å². The van der Waals surface area contributed by atoms with E-state index in [4.69, 9.17) is 5.26 Å². The highest BCUT2D eigenvalue weighted by Gasteiger charge is 2.48. The molecule has 1 fully saturated rings. The topological polar surface area (TPSA) is 93.0 Å². The van der Waals surface area contributed by atoms with Crippen LogP contribution in [0.4, 0.5) is 5.00 Å². The first kappa shape index (κ1) is 12.9. The van der Waals surface area contributed by atoms with E-state index in [1.165, 1.54) is 11.3 Å². The minimum absolute atomic E-state index is 0.0478. The number of carboxylic acid groups (broad SMARTS) is 1. The molecule has 1 amide bonds. The maximum absolute atomic E-state index is 12.3. The molecule has 6 heteroatoms. The first-order valence-corrected chi connectivity index (χ1v) is 7.17. The van der Waals surface area contributed by atoms with Crippen molar-refractivity contribution in [3.05, 3.63) is 29.2 Å². The number of thiophene rings is 1. The molecule has 1 N–H and O–H groups in total. The van der Waals surface area contributed by atoms with Gasteiger partial charge in [0.1, 0.15) is 11.1 Å². The second-order valence-electron chi connectivity index (χ2n) is 5.08. The standard InChI is InChI=1S/C14H12N2O3S/c15-6-9-3-4-20-13(9)16-12(17)10-7-1-2-8(5-7)11(10)14(18)19/h1-4,7-8,10-11H,5H2,(H,16,17)(H,18,19)/p-1/t7-,8+,10+,11+/m0/s1. The van der Waals surface area contributed by atoms with Crippen molar-refractivity contribution < 1.29 is 14.7 Å². The van der Waals surface area contributed by atoms with Gasteiger partial charge in [-0.2, -0.15) is 5.26 Å². The molecule has 20 heavy (non-hydrogen) atoms. The molecule has 2 aliphatic carbocycles. The molecule has 0 spiro atoms. The molecule has 0 radical (unpaired) electrons. The van der Waals surface area contributed by atoms with E-state index in [9.17, 15) is 14.7 Å². The number of nitriles is 1. The normalized spacial score (nSPS) is 30.1. The number of hydrogen-bond donors (Lipinski definition) is 1. The largest absolute Gasteiger partial charge is 0.550 e. The smallest absolute Gasteiger partial charge is 0.229 e. The van der Waals surface area contributed by atoms with Gasteiger partial charge in [0.25, 0.3) is 0 Å². The molecule has 0 saturated heterocycles. The first-order chi connectivity index (χ1) is 9.61. The van der Waals surface area contributed by atoms with E-state index in [2.05, 4.69) is 5.32 Å². The van der Waals surface area contributed by atoms with E-state index in [1.807, 2.05) is 18.2 Å². The summed E-state index contributed by atoms with van der Waals surface area (Å²) >= 11 is 1.26. The SMILES string of the molecule is N#Cc1ccsc1NC(=O)[C@H]1[C@H](C(=O)[O-])[C@@H]2C=C[C@H]1C2. The van der Waals surface area contributed by atoms with Gasteiger partial charge in [0.2, 0.25) is 5.91 Å². The Morgan fingerprint density at radius 1 is 1.35 bits per heavy atom. The molecule has 1 saturated carbocycles. The molecule has 2 aliphatic rings. The Kier molecular flexibility index (Phi) is 3.07. The van der Waals surface area contributed by atoms with Crippen LogP contribution in [-0.2, 0) is 9.59 Å². The molecule has 3 rings (SSSR count). The van der Waals surface area contributed by atoms with Gasteiger partial charge >= 0.3 is 0 Å². The molecule has 0 unspecified atom stereocenters. The summed E-state index contributed by atoms with van der Waals surface area (Å²) in [6.45, 7) is 0. The zero-order valence-corrected chi connectivity index (χ0v) is 11.2. The number of anilines is 1. The fourth-order valence-corrected chi connectivity index (χ4v) is 3.93. The number of nitrogens with zero attached hydrogens (tertiary/aromatic N) is 1. The second-order valence-corrected chi connectivity index (χ2v) is 6.00. The fourth-order valence-electron chi connectivity index (χ4n) is 3.19. The molecule has 5 nitrogen and oxygen atoms in total. The van der Waals surface area contributed by atoms with Crippen LogP contribution in [0.3, 0.4) is 0 Å². The van der Waals surface area contributed by atoms with Crippen molar-refractivity contribution in [1.29, 1.82) is 5.26 Å². The third kappa shape index (κ3) is 1.91. The lowest BCUT2D eigenvalue weighted by Gasteiger charge is -2.27. The van der Waals surface area contributed by atoms with Crippen molar-refractivity contribution in [2.24, 2.45) is 23.7 Å². The first-order valence-electron chi connectivity index (χ1n) is 6.29. The van der Waals surface area contributed by atoms with E-state index >= 15 is 0 Å². The van der Waals surface area contributed by atoms with E-state index in [0.29, 0.717) is 17.0 Å². The summed E-state index contributed by atoms with van der Waals surface area (Å²) in [6.07, 6.45) is 4.46. The number of fused-ring (bicyclic) bond motifs is 2. The van der Waals surface area contributed by atoms with Crippen LogP contribution in [0.1, 0.15) is 12.0 Å². The number of rotatable bonds is 3. The monoisotopic (exact) mass is 287 g/mol. The summed E-state index contributed by atoms with van der Waals surface area (Å²) in [6, 6.07) is 3.61. The van der Waals surface area contributed by atoms with Crippen LogP contribution in [-0.4, -0.2) is 11.9 Å². The lowest BCUT2D eigenvalue weighted by molar-refractivity contribution is -0.313. The molecule has 0 aliphatic heterocycles. The number of nitrogens with one attached hydrogen (secondary N) is 1. The molecule has 102 valence electrons. The maximum Gasteiger partial charge on any atom is 0.229 e. The van der Waals surface area contributed by atoms with Crippen LogP contribution in [0.5, 0.6) is 0 Å². The molecule has 1 aromatic heterocycles. The Balaban J connectivity index is 1.82. The summed E-state index contributed by atoms with van der Waals surface area (Å²) in [7, 11) is 0. The molecule has 2 bridgehead atoms.